The Labute approximate surface area is 146 Å². The van der Waals surface area contributed by atoms with Gasteiger partial charge in [-0.25, -0.2) is 0 Å². The molecule has 0 atom stereocenters. The molecular weight excluding hydrogens is 432 g/mol. The Kier molecular flexibility index (Phi) is 7.29. The van der Waals surface area contributed by atoms with Gasteiger partial charge in [0.1, 0.15) is 8.07 Å². The molecule has 0 aliphatic carbocycles. The summed E-state index contributed by atoms with van der Waals surface area (Å²) in [4.78, 5) is 0. The number of halogens is 2. The second-order valence-electron chi connectivity index (χ2n) is 4.91. The van der Waals surface area contributed by atoms with E-state index in [1.54, 1.807) is 22.7 Å². The van der Waals surface area contributed by atoms with E-state index in [4.69, 9.17) is 6.42 Å². The summed E-state index contributed by atoms with van der Waals surface area (Å²) < 4.78 is 2.14. The maximum atomic E-state index is 5.12. The zero-order chi connectivity index (χ0) is 15.2. The quantitative estimate of drug-likeness (QED) is 0.333. The van der Waals surface area contributed by atoms with Crippen LogP contribution in [0.3, 0.4) is 0 Å². The molecule has 0 saturated carbocycles. The average Bonchev–Trinajstić information content (AvgIpc) is 2.95. The zero-order valence-electron chi connectivity index (χ0n) is 11.5. The van der Waals surface area contributed by atoms with Gasteiger partial charge in [0.05, 0.1) is 0 Å². The summed E-state index contributed by atoms with van der Waals surface area (Å²) in [6.07, 6.45) is 5.12. The number of thiophene rings is 2. The molecule has 0 aliphatic rings. The molecule has 0 amide bonds. The van der Waals surface area contributed by atoms with Crippen LogP contribution in [0.25, 0.3) is 0 Å². The molecule has 2 heterocycles. The Balaban J connectivity index is 0.000000217. The van der Waals surface area contributed by atoms with Crippen molar-refractivity contribution in [1.82, 2.24) is 0 Å². The van der Waals surface area contributed by atoms with Crippen molar-refractivity contribution < 1.29 is 0 Å². The summed E-state index contributed by atoms with van der Waals surface area (Å²) in [5, 5.41) is 8.05. The van der Waals surface area contributed by atoms with Crippen LogP contribution < -0.4 is 0 Å². The van der Waals surface area contributed by atoms with Crippen LogP contribution in [0, 0.1) is 23.8 Å². The Bertz CT molecular complexity index is 660. The summed E-state index contributed by atoms with van der Waals surface area (Å²) in [6.45, 7) is 6.75. The van der Waals surface area contributed by atoms with Crippen LogP contribution in [0.2, 0.25) is 19.6 Å². The third-order valence-electron chi connectivity index (χ3n) is 1.96. The van der Waals surface area contributed by atoms with Gasteiger partial charge in [0.25, 0.3) is 0 Å². The van der Waals surface area contributed by atoms with Gasteiger partial charge in [-0.1, -0.05) is 31.5 Å². The molecule has 2 aromatic rings. The molecule has 0 saturated heterocycles. The fraction of sp³-hybridized carbons (Fsp3) is 0.200. The Morgan fingerprint density at radius 1 is 0.950 bits per heavy atom. The van der Waals surface area contributed by atoms with Crippen molar-refractivity contribution in [2.45, 2.75) is 19.6 Å². The van der Waals surface area contributed by atoms with Gasteiger partial charge < -0.3 is 0 Å². The van der Waals surface area contributed by atoms with E-state index in [1.807, 2.05) is 10.8 Å². The highest BCUT2D eigenvalue weighted by Crippen LogP contribution is 2.20. The van der Waals surface area contributed by atoms with Crippen LogP contribution in [0.4, 0.5) is 0 Å². The maximum absolute atomic E-state index is 5.12. The molecule has 0 fully saturated rings. The SMILES string of the molecule is C#Cc1cscc1Br.C[Si](C)(C)C#Cc1cscc1Br. The predicted octanol–water partition coefficient (Wildman–Crippen LogP) is 6.23. The van der Waals surface area contributed by atoms with E-state index in [2.05, 4.69) is 79.6 Å². The van der Waals surface area contributed by atoms with Crippen LogP contribution in [0.5, 0.6) is 0 Å². The molecular formula is C15H14Br2S2Si. The highest BCUT2D eigenvalue weighted by Gasteiger charge is 2.07. The van der Waals surface area contributed by atoms with Gasteiger partial charge in [-0.3, -0.25) is 0 Å². The average molecular weight is 446 g/mol. The van der Waals surface area contributed by atoms with E-state index in [-0.39, 0.29) is 0 Å². The predicted molar refractivity (Wildman–Crippen MR) is 102 cm³/mol. The van der Waals surface area contributed by atoms with Gasteiger partial charge in [0, 0.05) is 41.6 Å². The van der Waals surface area contributed by atoms with Crippen molar-refractivity contribution in [2.75, 3.05) is 0 Å². The van der Waals surface area contributed by atoms with Gasteiger partial charge in [0.2, 0.25) is 0 Å². The van der Waals surface area contributed by atoms with Crippen molar-refractivity contribution in [3.8, 4) is 23.8 Å². The normalized spacial score (nSPS) is 9.80. The van der Waals surface area contributed by atoms with Crippen LogP contribution >= 0.6 is 54.5 Å². The Morgan fingerprint density at radius 2 is 1.45 bits per heavy atom. The Morgan fingerprint density at radius 3 is 1.75 bits per heavy atom. The number of hydrogen-bond acceptors (Lipinski definition) is 2. The van der Waals surface area contributed by atoms with Gasteiger partial charge in [-0.2, -0.15) is 0 Å². The van der Waals surface area contributed by atoms with Crippen LogP contribution in [0.1, 0.15) is 11.1 Å². The molecule has 0 bridgehead atoms. The van der Waals surface area contributed by atoms with Crippen molar-refractivity contribution in [1.29, 1.82) is 0 Å². The molecule has 104 valence electrons. The standard InChI is InChI=1S/C9H11BrSSi.C6H3BrS/c1-12(2,3)5-4-8-6-11-7-9(8)10;1-2-5-3-8-4-6(5)7/h6-7H,1-3H3;1,3-4H. The summed E-state index contributed by atoms with van der Waals surface area (Å²) in [7, 11) is -1.21. The molecule has 2 rings (SSSR count). The minimum Gasteiger partial charge on any atom is -0.150 e. The first kappa shape index (κ1) is 17.7. The van der Waals surface area contributed by atoms with E-state index in [1.165, 1.54) is 0 Å². The molecule has 5 heteroatoms. The van der Waals surface area contributed by atoms with E-state index < -0.39 is 8.07 Å². The van der Waals surface area contributed by atoms with E-state index in [0.29, 0.717) is 0 Å². The van der Waals surface area contributed by atoms with E-state index >= 15 is 0 Å². The summed E-state index contributed by atoms with van der Waals surface area (Å²) in [5.41, 5.74) is 5.40. The molecule has 2 aromatic heterocycles. The van der Waals surface area contributed by atoms with Crippen molar-refractivity contribution in [3.05, 3.63) is 41.6 Å². The topological polar surface area (TPSA) is 0 Å². The second kappa shape index (κ2) is 8.22. The van der Waals surface area contributed by atoms with Gasteiger partial charge in [-0.15, -0.1) is 34.6 Å². The first-order valence-corrected chi connectivity index (χ1v) is 12.7. The molecule has 0 spiro atoms. The third kappa shape index (κ3) is 6.43. The fourth-order valence-electron chi connectivity index (χ4n) is 1.01. The number of hydrogen-bond donors (Lipinski definition) is 0. The summed E-state index contributed by atoms with van der Waals surface area (Å²) in [6, 6.07) is 0. The lowest BCUT2D eigenvalue weighted by Gasteiger charge is -2.02. The van der Waals surface area contributed by atoms with E-state index in [0.717, 1.165) is 20.1 Å². The molecule has 0 aliphatic heterocycles. The summed E-state index contributed by atoms with van der Waals surface area (Å²) >= 11 is 10.0. The maximum Gasteiger partial charge on any atom is 0.129 e. The minimum absolute atomic E-state index is 0.940. The lowest BCUT2D eigenvalue weighted by atomic mass is 10.4. The van der Waals surface area contributed by atoms with Crippen molar-refractivity contribution >= 4 is 62.6 Å². The third-order valence-corrected chi connectivity index (χ3v) is 6.24. The van der Waals surface area contributed by atoms with Crippen LogP contribution in [-0.2, 0) is 0 Å². The zero-order valence-corrected chi connectivity index (χ0v) is 17.3. The largest absolute Gasteiger partial charge is 0.150 e. The lowest BCUT2D eigenvalue weighted by Crippen LogP contribution is -2.16. The molecule has 20 heavy (non-hydrogen) atoms. The summed E-state index contributed by atoms with van der Waals surface area (Å²) in [5.74, 6) is 5.75. The van der Waals surface area contributed by atoms with Crippen LogP contribution in [0.15, 0.2) is 30.5 Å². The van der Waals surface area contributed by atoms with E-state index in [9.17, 15) is 0 Å². The lowest BCUT2D eigenvalue weighted by molar-refractivity contribution is 1.76. The van der Waals surface area contributed by atoms with Crippen molar-refractivity contribution in [2.24, 2.45) is 0 Å². The molecule has 0 N–H and O–H groups in total. The number of rotatable bonds is 0. The van der Waals surface area contributed by atoms with Gasteiger partial charge >= 0.3 is 0 Å². The van der Waals surface area contributed by atoms with Gasteiger partial charge in [-0.05, 0) is 31.9 Å². The second-order valence-corrected chi connectivity index (χ2v) is 12.9. The fourth-order valence-corrected chi connectivity index (χ4v) is 4.19. The molecule has 0 unspecified atom stereocenters. The van der Waals surface area contributed by atoms with Crippen molar-refractivity contribution in [3.63, 3.8) is 0 Å². The minimum atomic E-state index is -1.21. The molecule has 0 nitrogen and oxygen atoms in total. The first-order valence-electron chi connectivity index (χ1n) is 5.76. The number of terminal acetylenes is 1. The highest BCUT2D eigenvalue weighted by atomic mass is 79.9. The smallest absolute Gasteiger partial charge is 0.129 e. The van der Waals surface area contributed by atoms with Gasteiger partial charge in [0.15, 0.2) is 0 Å². The molecule has 0 radical (unpaired) electrons. The first-order chi connectivity index (χ1) is 9.33. The molecule has 0 aromatic carbocycles. The monoisotopic (exact) mass is 444 g/mol. The van der Waals surface area contributed by atoms with Crippen LogP contribution in [-0.4, -0.2) is 8.07 Å². The Hall–Kier alpha value is -0.303. The highest BCUT2D eigenvalue weighted by molar-refractivity contribution is 9.10.